The van der Waals surface area contributed by atoms with Crippen molar-refractivity contribution in [2.75, 3.05) is 12.4 Å². The highest BCUT2D eigenvalue weighted by molar-refractivity contribution is 5.98. The molecule has 9 heteroatoms. The lowest BCUT2D eigenvalue weighted by molar-refractivity contribution is -0.387. The molecular formula is C18H17FN2O6. The van der Waals surface area contributed by atoms with Crippen molar-refractivity contribution in [1.29, 1.82) is 0 Å². The molecule has 0 radical (unpaired) electrons. The maximum absolute atomic E-state index is 13.3. The van der Waals surface area contributed by atoms with Gasteiger partial charge in [-0.05, 0) is 38.1 Å². The van der Waals surface area contributed by atoms with Crippen LogP contribution in [0.25, 0.3) is 0 Å². The number of methoxy groups -OCH3 is 1. The minimum atomic E-state index is -1.20. The predicted molar refractivity (Wildman–Crippen MR) is 94.3 cm³/mol. The van der Waals surface area contributed by atoms with Crippen molar-refractivity contribution < 1.29 is 28.4 Å². The molecule has 8 nitrogen and oxygen atoms in total. The molecule has 2 rings (SSSR count). The highest BCUT2D eigenvalue weighted by atomic mass is 19.1. The number of aryl methyl sites for hydroxylation is 1. The van der Waals surface area contributed by atoms with E-state index >= 15 is 0 Å². The zero-order chi connectivity index (χ0) is 20.1. The fourth-order valence-electron chi connectivity index (χ4n) is 2.23. The second-order valence-electron chi connectivity index (χ2n) is 5.66. The molecule has 0 aliphatic rings. The number of nitro groups is 1. The average molecular weight is 376 g/mol. The highest BCUT2D eigenvalue weighted by Crippen LogP contribution is 2.23. The number of carbonyl (C=O) groups excluding carboxylic acids is 2. The van der Waals surface area contributed by atoms with Crippen LogP contribution in [-0.4, -0.2) is 30.0 Å². The van der Waals surface area contributed by atoms with Gasteiger partial charge in [0.25, 0.3) is 5.91 Å². The van der Waals surface area contributed by atoms with Crippen molar-refractivity contribution in [2.45, 2.75) is 20.0 Å². The molecule has 0 aliphatic heterocycles. The summed E-state index contributed by atoms with van der Waals surface area (Å²) in [6.07, 6.45) is -1.20. The van der Waals surface area contributed by atoms with Crippen LogP contribution in [0.5, 0.6) is 5.75 Å². The second-order valence-corrected chi connectivity index (χ2v) is 5.66. The summed E-state index contributed by atoms with van der Waals surface area (Å²) in [5, 5.41) is 13.1. The number of nitro benzene ring substituents is 1. The molecule has 0 unspecified atom stereocenters. The smallest absolute Gasteiger partial charge is 0.342 e. The molecule has 0 saturated heterocycles. The number of ether oxygens (including phenoxy) is 2. The Labute approximate surface area is 154 Å². The van der Waals surface area contributed by atoms with E-state index in [1.807, 2.05) is 0 Å². The van der Waals surface area contributed by atoms with Crippen LogP contribution < -0.4 is 10.1 Å². The zero-order valence-corrected chi connectivity index (χ0v) is 14.8. The summed E-state index contributed by atoms with van der Waals surface area (Å²) in [7, 11) is 1.40. The van der Waals surface area contributed by atoms with Crippen molar-refractivity contribution in [3.63, 3.8) is 0 Å². The summed E-state index contributed by atoms with van der Waals surface area (Å²) < 4.78 is 23.6. The van der Waals surface area contributed by atoms with Gasteiger partial charge in [0.15, 0.2) is 6.10 Å². The van der Waals surface area contributed by atoms with Crippen LogP contribution in [0.4, 0.5) is 15.8 Å². The third-order valence-corrected chi connectivity index (χ3v) is 3.64. The van der Waals surface area contributed by atoms with Crippen LogP contribution in [0.15, 0.2) is 36.4 Å². The van der Waals surface area contributed by atoms with Crippen molar-refractivity contribution in [1.82, 2.24) is 0 Å². The summed E-state index contributed by atoms with van der Waals surface area (Å²) in [5.74, 6) is -2.21. The summed E-state index contributed by atoms with van der Waals surface area (Å²) in [6.45, 7) is 3.13. The largest absolute Gasteiger partial charge is 0.496 e. The van der Waals surface area contributed by atoms with E-state index in [1.54, 1.807) is 25.1 Å². The standard InChI is InChI=1S/C18H17FN2O6/c1-10-4-7-16(26-3)13(8-10)18(23)27-11(2)17(22)20-12-5-6-14(19)15(9-12)21(24)25/h4-9,11H,1-3H3,(H,20,22)/t11-/m1/s1. The van der Waals surface area contributed by atoms with E-state index in [1.165, 1.54) is 20.1 Å². The predicted octanol–water partition coefficient (Wildman–Crippen LogP) is 3.23. The summed E-state index contributed by atoms with van der Waals surface area (Å²) in [5.41, 5.74) is 0.194. The first kappa shape index (κ1) is 19.8. The van der Waals surface area contributed by atoms with E-state index in [-0.39, 0.29) is 11.3 Å². The van der Waals surface area contributed by atoms with E-state index in [0.29, 0.717) is 5.75 Å². The van der Waals surface area contributed by atoms with E-state index in [2.05, 4.69) is 5.32 Å². The SMILES string of the molecule is COc1ccc(C)cc1C(=O)O[C@H](C)C(=O)Nc1ccc(F)c([N+](=O)[O-])c1. The minimum Gasteiger partial charge on any atom is -0.496 e. The summed E-state index contributed by atoms with van der Waals surface area (Å²) in [4.78, 5) is 34.3. The Morgan fingerprint density at radius 3 is 2.56 bits per heavy atom. The molecule has 0 bridgehead atoms. The molecular weight excluding hydrogens is 359 g/mol. The lowest BCUT2D eigenvalue weighted by Crippen LogP contribution is -2.30. The number of anilines is 1. The van der Waals surface area contributed by atoms with Crippen LogP contribution in [0.3, 0.4) is 0 Å². The molecule has 1 N–H and O–H groups in total. The van der Waals surface area contributed by atoms with Crippen LogP contribution in [0, 0.1) is 22.9 Å². The van der Waals surface area contributed by atoms with Gasteiger partial charge < -0.3 is 14.8 Å². The van der Waals surface area contributed by atoms with Crippen LogP contribution >= 0.6 is 0 Å². The molecule has 1 atom stereocenters. The summed E-state index contributed by atoms with van der Waals surface area (Å²) in [6, 6.07) is 7.84. The maximum Gasteiger partial charge on any atom is 0.342 e. The number of benzene rings is 2. The van der Waals surface area contributed by atoms with E-state index in [0.717, 1.165) is 17.7 Å². The number of hydrogen-bond acceptors (Lipinski definition) is 6. The monoisotopic (exact) mass is 376 g/mol. The van der Waals surface area contributed by atoms with Gasteiger partial charge in [-0.25, -0.2) is 4.79 Å². The normalized spacial score (nSPS) is 11.4. The van der Waals surface area contributed by atoms with Gasteiger partial charge in [-0.3, -0.25) is 14.9 Å². The van der Waals surface area contributed by atoms with Crippen molar-refractivity contribution in [3.05, 3.63) is 63.5 Å². The molecule has 1 amide bonds. The molecule has 0 spiro atoms. The number of hydrogen-bond donors (Lipinski definition) is 1. The van der Waals surface area contributed by atoms with Crippen molar-refractivity contribution in [2.24, 2.45) is 0 Å². The minimum absolute atomic E-state index is 0.00383. The van der Waals surface area contributed by atoms with Crippen molar-refractivity contribution >= 4 is 23.3 Å². The van der Waals surface area contributed by atoms with E-state index in [4.69, 9.17) is 9.47 Å². The van der Waals surface area contributed by atoms with Gasteiger partial charge in [0.1, 0.15) is 11.3 Å². The maximum atomic E-state index is 13.3. The quantitative estimate of drug-likeness (QED) is 0.471. The molecule has 0 heterocycles. The van der Waals surface area contributed by atoms with Gasteiger partial charge in [-0.1, -0.05) is 11.6 Å². The molecule has 0 saturated carbocycles. The first-order valence-electron chi connectivity index (χ1n) is 7.83. The van der Waals surface area contributed by atoms with Crippen LogP contribution in [-0.2, 0) is 9.53 Å². The molecule has 0 fully saturated rings. The third-order valence-electron chi connectivity index (χ3n) is 3.64. The fraction of sp³-hybridized carbons (Fsp3) is 0.222. The molecule has 2 aromatic carbocycles. The molecule has 27 heavy (non-hydrogen) atoms. The van der Waals surface area contributed by atoms with E-state index in [9.17, 15) is 24.1 Å². The summed E-state index contributed by atoms with van der Waals surface area (Å²) >= 11 is 0. The average Bonchev–Trinajstić information content (AvgIpc) is 2.62. The number of halogens is 1. The Kier molecular flexibility index (Phi) is 6.07. The van der Waals surface area contributed by atoms with Gasteiger partial charge in [0.2, 0.25) is 5.82 Å². The highest BCUT2D eigenvalue weighted by Gasteiger charge is 2.23. The lowest BCUT2D eigenvalue weighted by atomic mass is 10.1. The molecule has 2 aromatic rings. The molecule has 0 aliphatic carbocycles. The second kappa shape index (κ2) is 8.26. The number of nitrogens with one attached hydrogen (secondary N) is 1. The molecule has 0 aromatic heterocycles. The lowest BCUT2D eigenvalue weighted by Gasteiger charge is -2.15. The third kappa shape index (κ3) is 4.78. The van der Waals surface area contributed by atoms with Gasteiger partial charge >= 0.3 is 11.7 Å². The van der Waals surface area contributed by atoms with Crippen LogP contribution in [0.2, 0.25) is 0 Å². The van der Waals surface area contributed by atoms with Gasteiger partial charge in [-0.15, -0.1) is 0 Å². The Morgan fingerprint density at radius 2 is 1.93 bits per heavy atom. The fourth-order valence-corrected chi connectivity index (χ4v) is 2.23. The topological polar surface area (TPSA) is 108 Å². The number of rotatable bonds is 6. The van der Waals surface area contributed by atoms with Crippen molar-refractivity contribution in [3.8, 4) is 5.75 Å². The zero-order valence-electron chi connectivity index (χ0n) is 14.8. The van der Waals surface area contributed by atoms with Gasteiger partial charge in [0.05, 0.1) is 12.0 Å². The first-order valence-corrected chi connectivity index (χ1v) is 7.83. The Morgan fingerprint density at radius 1 is 1.22 bits per heavy atom. The van der Waals surface area contributed by atoms with Crippen LogP contribution in [0.1, 0.15) is 22.8 Å². The number of carbonyl (C=O) groups is 2. The first-order chi connectivity index (χ1) is 12.7. The number of esters is 1. The Balaban J connectivity index is 2.10. The number of amides is 1. The Hall–Kier alpha value is -3.49. The van der Waals surface area contributed by atoms with E-state index < -0.39 is 34.4 Å². The number of nitrogens with zero attached hydrogens (tertiary/aromatic N) is 1. The molecule has 142 valence electrons. The van der Waals surface area contributed by atoms with Gasteiger partial charge in [0, 0.05) is 11.8 Å². The Bertz CT molecular complexity index is 899. The van der Waals surface area contributed by atoms with Gasteiger partial charge in [-0.2, -0.15) is 4.39 Å².